The molecule has 8 nitrogen and oxygen atoms in total. The molecule has 1 spiro atoms. The van der Waals surface area contributed by atoms with Gasteiger partial charge in [-0.2, -0.15) is 4.98 Å². The van der Waals surface area contributed by atoms with E-state index in [1.54, 1.807) is 29.6 Å². The molecule has 0 radical (unpaired) electrons. The van der Waals surface area contributed by atoms with Crippen LogP contribution >= 0.6 is 0 Å². The van der Waals surface area contributed by atoms with E-state index in [-0.39, 0.29) is 18.0 Å². The van der Waals surface area contributed by atoms with Crippen molar-refractivity contribution in [3.05, 3.63) is 35.8 Å². The maximum absolute atomic E-state index is 13.1. The highest BCUT2D eigenvalue weighted by Gasteiger charge is 2.44. The van der Waals surface area contributed by atoms with Gasteiger partial charge in [0.25, 0.3) is 6.43 Å². The van der Waals surface area contributed by atoms with E-state index in [9.17, 15) is 8.78 Å². The molecule has 0 atom stereocenters. The van der Waals surface area contributed by atoms with Crippen molar-refractivity contribution < 1.29 is 10.2 Å². The summed E-state index contributed by atoms with van der Waals surface area (Å²) in [6, 6.07) is 5.34. The molecule has 2 saturated carbocycles. The summed E-state index contributed by atoms with van der Waals surface area (Å²) in [5.41, 5.74) is 9.85. The average Bonchev–Trinajstić information content (AvgIpc) is 3.37. The Hall–Kier alpha value is -3.30. The van der Waals surface area contributed by atoms with Gasteiger partial charge in [-0.3, -0.25) is 9.61 Å². The Balaban J connectivity index is 1.41. The topological polar surface area (TPSA) is 102 Å². The molecule has 2 aliphatic carbocycles. The van der Waals surface area contributed by atoms with E-state index in [1.165, 1.54) is 30.3 Å². The van der Waals surface area contributed by atoms with Crippen LogP contribution in [-0.4, -0.2) is 41.6 Å². The number of nitrogens with zero attached hydrogens (tertiary/aromatic N) is 6. The number of pyridine rings is 1. The normalized spacial score (nSPS) is 19.3. The number of hydrogen-bond acceptors (Lipinski definition) is 5. The van der Waals surface area contributed by atoms with Crippen LogP contribution in [0, 0.1) is 12.3 Å². The lowest BCUT2D eigenvalue weighted by Gasteiger charge is -2.25. The van der Waals surface area contributed by atoms with Gasteiger partial charge in [-0.1, -0.05) is 0 Å². The number of nitrogens with one attached hydrogen (secondary N) is 1. The fraction of sp³-hybridized carbons (Fsp3) is 0.478. The number of aromatic nitrogens is 6. The Labute approximate surface area is 190 Å². The molecule has 4 aromatic rings. The molecule has 4 aromatic heterocycles. The number of hydrogen-bond donors (Lipinski definition) is 2. The second kappa shape index (κ2) is 7.36. The minimum absolute atomic E-state index is 0.176. The predicted octanol–water partition coefficient (Wildman–Crippen LogP) is 3.85. The Morgan fingerprint density at radius 1 is 1.21 bits per heavy atom. The van der Waals surface area contributed by atoms with Crippen LogP contribution in [-0.2, 0) is 6.54 Å². The number of fused-ring (bicyclic) bond motifs is 2. The lowest BCUT2D eigenvalue weighted by Crippen LogP contribution is -2.25. The number of nitrogens with two attached hydrogens (primary N) is 1. The maximum Gasteiger partial charge on any atom is 0.256 e. The first-order chi connectivity index (χ1) is 16.3. The van der Waals surface area contributed by atoms with Gasteiger partial charge in [-0.15, -0.1) is 0 Å². The summed E-state index contributed by atoms with van der Waals surface area (Å²) in [6.07, 6.45) is 4.88. The number of H-pyrrole nitrogens is 1. The molecule has 33 heavy (non-hydrogen) atoms. The van der Waals surface area contributed by atoms with E-state index in [4.69, 9.17) is 12.1 Å². The monoisotopic (exact) mass is 453 g/mol. The van der Waals surface area contributed by atoms with Crippen LogP contribution in [0.1, 0.15) is 45.7 Å². The second-order valence-corrected chi connectivity index (χ2v) is 9.36. The molecule has 10 heteroatoms. The summed E-state index contributed by atoms with van der Waals surface area (Å²) in [6.45, 7) is 1.20. The number of aromatic amines is 1. The van der Waals surface area contributed by atoms with Gasteiger partial charge in [0.05, 0.1) is 19.7 Å². The van der Waals surface area contributed by atoms with Crippen molar-refractivity contribution in [1.29, 1.82) is 0 Å². The minimum Gasteiger partial charge on any atom is -0.382 e. The van der Waals surface area contributed by atoms with Crippen LogP contribution in [0.4, 0.5) is 14.6 Å². The van der Waals surface area contributed by atoms with Crippen molar-refractivity contribution in [3.63, 3.8) is 0 Å². The number of anilines is 1. The Kier molecular flexibility index (Phi) is 4.28. The fourth-order valence-corrected chi connectivity index (χ4v) is 5.08. The molecule has 4 heterocycles. The van der Waals surface area contributed by atoms with Gasteiger partial charge < -0.3 is 10.3 Å². The number of nitrogen functional groups attached to an aromatic ring is 1. The minimum atomic E-state index is -2.52. The maximum atomic E-state index is 13.1. The number of halogens is 2. The molecule has 0 saturated heterocycles. The van der Waals surface area contributed by atoms with Crippen LogP contribution in [0.15, 0.2) is 29.4 Å². The second-order valence-electron chi connectivity index (χ2n) is 9.36. The van der Waals surface area contributed by atoms with Crippen LogP contribution in [0.5, 0.6) is 0 Å². The number of rotatable bonds is 4. The van der Waals surface area contributed by atoms with Crippen LogP contribution in [0.3, 0.4) is 0 Å². The van der Waals surface area contributed by atoms with Gasteiger partial charge in [-0.05, 0) is 69.1 Å². The van der Waals surface area contributed by atoms with Gasteiger partial charge in [0.1, 0.15) is 16.9 Å². The Bertz CT molecular complexity index is 1470. The van der Waals surface area contributed by atoms with Gasteiger partial charge in [0, 0.05) is 11.7 Å². The summed E-state index contributed by atoms with van der Waals surface area (Å²) >= 11 is 0. The van der Waals surface area contributed by atoms with Crippen LogP contribution in [0.2, 0.25) is 0 Å². The van der Waals surface area contributed by atoms with E-state index in [0.717, 1.165) is 12.8 Å². The van der Waals surface area contributed by atoms with Crippen LogP contribution in [0.25, 0.3) is 27.9 Å². The molecule has 0 bridgehead atoms. The van der Waals surface area contributed by atoms with Gasteiger partial charge in [0.2, 0.25) is 5.62 Å². The van der Waals surface area contributed by atoms with Gasteiger partial charge in [-0.25, -0.2) is 23.7 Å². The smallest absolute Gasteiger partial charge is 0.256 e. The molecule has 0 aliphatic heterocycles. The van der Waals surface area contributed by atoms with Crippen molar-refractivity contribution >= 4 is 22.5 Å². The average molecular weight is 454 g/mol. The predicted molar refractivity (Wildman–Crippen MR) is 121 cm³/mol. The number of alkyl halides is 2. The standard InChI is InChI=1S/C23H26F2N8/c1-13-27-17-3-2-16(29-21(17)32(13)12-18(24)25)15-6-11-33-19(15)20(26)30-22(31-33)28-14-4-7-23(8-5-14)9-10-23/h2-3,6,11,14,18H,4-5,7-10,12H2,1H3,(H3,26,28,30,31)/i11D. The summed E-state index contributed by atoms with van der Waals surface area (Å²) < 4.78 is 37.6. The summed E-state index contributed by atoms with van der Waals surface area (Å²) in [5.74, 6) is 0.707. The van der Waals surface area contributed by atoms with Crippen molar-refractivity contribution in [2.75, 3.05) is 5.73 Å². The third-order valence-electron chi connectivity index (χ3n) is 7.15. The molecule has 172 valence electrons. The molecule has 0 amide bonds. The van der Waals surface area contributed by atoms with Crippen molar-refractivity contribution in [1.82, 2.24) is 29.1 Å². The Morgan fingerprint density at radius 2 is 2.00 bits per heavy atom. The molecule has 0 aromatic carbocycles. The van der Waals surface area contributed by atoms with Gasteiger partial charge >= 0.3 is 0 Å². The Morgan fingerprint density at radius 3 is 2.73 bits per heavy atom. The lowest BCUT2D eigenvalue weighted by atomic mass is 9.84. The highest BCUT2D eigenvalue weighted by molar-refractivity contribution is 5.88. The number of aryl methyl sites for hydroxylation is 1. The van der Waals surface area contributed by atoms with E-state index >= 15 is 0 Å². The van der Waals surface area contributed by atoms with E-state index < -0.39 is 13.0 Å². The molecule has 3 N–H and O–H groups in total. The third-order valence-corrected chi connectivity index (χ3v) is 7.15. The van der Waals surface area contributed by atoms with Gasteiger partial charge in [0.15, 0.2) is 11.5 Å². The molecule has 2 fully saturated rings. The van der Waals surface area contributed by atoms with Crippen molar-refractivity contribution in [2.24, 2.45) is 10.4 Å². The zero-order valence-electron chi connectivity index (χ0n) is 19.4. The summed E-state index contributed by atoms with van der Waals surface area (Å²) in [4.78, 5) is 18.2. The van der Waals surface area contributed by atoms with Crippen LogP contribution < -0.4 is 11.4 Å². The molecule has 6 rings (SSSR count). The first-order valence-electron chi connectivity index (χ1n) is 11.9. The first-order valence-corrected chi connectivity index (χ1v) is 11.4. The lowest BCUT2D eigenvalue weighted by molar-refractivity contribution is 0.127. The SMILES string of the molecule is [2H]c1cc(-c2ccc3nc(C)n(CC(F)F)c3n2)c2c(N)nc(=NC3CCC4(CC3)CC4)[nH]n12. The fourth-order valence-electron chi connectivity index (χ4n) is 5.08. The quantitative estimate of drug-likeness (QED) is 0.490. The zero-order chi connectivity index (χ0) is 23.6. The summed E-state index contributed by atoms with van der Waals surface area (Å²) in [5, 5.41) is 3.12. The highest BCUT2D eigenvalue weighted by atomic mass is 19.3. The highest BCUT2D eigenvalue weighted by Crippen LogP contribution is 2.56. The number of imidazole rings is 1. The first kappa shape index (κ1) is 19.2. The molecule has 0 unspecified atom stereocenters. The molecular formula is C23H26F2N8. The zero-order valence-corrected chi connectivity index (χ0v) is 18.4. The van der Waals surface area contributed by atoms with Crippen molar-refractivity contribution in [3.8, 4) is 11.3 Å². The largest absolute Gasteiger partial charge is 0.382 e. The summed E-state index contributed by atoms with van der Waals surface area (Å²) in [7, 11) is 0. The van der Waals surface area contributed by atoms with Crippen molar-refractivity contribution in [2.45, 2.75) is 64.5 Å². The van der Waals surface area contributed by atoms with E-state index in [2.05, 4.69) is 20.1 Å². The van der Waals surface area contributed by atoms with E-state index in [1.807, 2.05) is 0 Å². The van der Waals surface area contributed by atoms with E-state index in [0.29, 0.717) is 44.8 Å². The third kappa shape index (κ3) is 3.57. The molecular weight excluding hydrogens is 426 g/mol. The molecule has 2 aliphatic rings.